The van der Waals surface area contributed by atoms with Gasteiger partial charge in [0.1, 0.15) is 12.7 Å². The molecule has 0 saturated carbocycles. The predicted octanol–water partition coefficient (Wildman–Crippen LogP) is 1.20. The highest BCUT2D eigenvalue weighted by Gasteiger charge is 2.29. The molecule has 1 saturated heterocycles. The van der Waals surface area contributed by atoms with Gasteiger partial charge in [-0.15, -0.1) is 0 Å². The van der Waals surface area contributed by atoms with E-state index in [4.69, 9.17) is 4.52 Å². The highest BCUT2D eigenvalue weighted by Crippen LogP contribution is 2.28. The van der Waals surface area contributed by atoms with Crippen molar-refractivity contribution in [2.45, 2.75) is 44.7 Å². The molecule has 1 aliphatic rings. The lowest BCUT2D eigenvalue weighted by Crippen LogP contribution is -2.35. The molecule has 0 spiro atoms. The fraction of sp³-hybridized carbons (Fsp3) is 0.615. The maximum Gasteiger partial charge on any atom is 0.225 e. The molecule has 1 fully saturated rings. The second kappa shape index (κ2) is 6.47. The van der Waals surface area contributed by atoms with E-state index in [1.807, 2.05) is 4.90 Å². The first-order valence-corrected chi connectivity index (χ1v) is 7.23. The fourth-order valence-corrected chi connectivity index (χ4v) is 2.70. The van der Waals surface area contributed by atoms with E-state index in [1.165, 1.54) is 12.7 Å². The zero-order valence-corrected chi connectivity index (χ0v) is 11.8. The molecule has 0 aromatic carbocycles. The van der Waals surface area contributed by atoms with Gasteiger partial charge in [-0.05, 0) is 12.8 Å². The number of carbonyl (C=O) groups is 1. The Balaban J connectivity index is 1.68. The van der Waals surface area contributed by atoms with Crippen molar-refractivity contribution >= 4 is 5.91 Å². The molecule has 2 aromatic rings. The standard InChI is InChI=1S/C13H18N6O2/c20-12(5-7-18-9-14-8-16-18)19-6-3-1-2-4-11(19)13-15-10-21-17-13/h8-11H,1-7H2. The van der Waals surface area contributed by atoms with Gasteiger partial charge >= 0.3 is 0 Å². The van der Waals surface area contributed by atoms with Crippen molar-refractivity contribution in [3.63, 3.8) is 0 Å². The largest absolute Gasteiger partial charge is 0.343 e. The number of aromatic nitrogens is 5. The molecule has 2 aromatic heterocycles. The molecule has 0 bridgehead atoms. The lowest BCUT2D eigenvalue weighted by atomic mass is 10.1. The van der Waals surface area contributed by atoms with E-state index in [9.17, 15) is 4.79 Å². The SMILES string of the molecule is O=C(CCn1cncn1)N1CCCCCC1c1ncon1. The Bertz CT molecular complexity index is 553. The third-order valence-corrected chi connectivity index (χ3v) is 3.77. The Kier molecular flexibility index (Phi) is 4.23. The number of carbonyl (C=O) groups excluding carboxylic acids is 1. The Labute approximate surface area is 122 Å². The highest BCUT2D eigenvalue weighted by molar-refractivity contribution is 5.76. The van der Waals surface area contributed by atoms with E-state index >= 15 is 0 Å². The topological polar surface area (TPSA) is 89.9 Å². The lowest BCUT2D eigenvalue weighted by molar-refractivity contribution is -0.134. The van der Waals surface area contributed by atoms with Crippen molar-refractivity contribution in [1.29, 1.82) is 0 Å². The molecule has 0 aliphatic carbocycles. The van der Waals surface area contributed by atoms with Crippen LogP contribution in [-0.4, -0.2) is 42.3 Å². The minimum absolute atomic E-state index is 0.0745. The summed E-state index contributed by atoms with van der Waals surface area (Å²) in [6.45, 7) is 1.28. The second-order valence-electron chi connectivity index (χ2n) is 5.15. The number of hydrogen-bond acceptors (Lipinski definition) is 6. The van der Waals surface area contributed by atoms with Crippen molar-refractivity contribution in [2.75, 3.05) is 6.54 Å². The Hall–Kier alpha value is -2.25. The summed E-state index contributed by atoms with van der Waals surface area (Å²) in [7, 11) is 0. The van der Waals surface area contributed by atoms with Crippen LogP contribution in [-0.2, 0) is 11.3 Å². The molecule has 112 valence electrons. The number of amides is 1. The molecule has 3 heterocycles. The van der Waals surface area contributed by atoms with Gasteiger partial charge in [-0.2, -0.15) is 10.1 Å². The third kappa shape index (κ3) is 3.26. The molecule has 0 radical (unpaired) electrons. The summed E-state index contributed by atoms with van der Waals surface area (Å²) >= 11 is 0. The zero-order chi connectivity index (χ0) is 14.5. The van der Waals surface area contributed by atoms with E-state index < -0.39 is 0 Å². The number of likely N-dealkylation sites (tertiary alicyclic amines) is 1. The van der Waals surface area contributed by atoms with Crippen molar-refractivity contribution < 1.29 is 9.32 Å². The smallest absolute Gasteiger partial charge is 0.225 e. The van der Waals surface area contributed by atoms with Crippen LogP contribution in [0.5, 0.6) is 0 Å². The maximum absolute atomic E-state index is 12.5. The van der Waals surface area contributed by atoms with Crippen molar-refractivity contribution in [3.05, 3.63) is 24.9 Å². The molecule has 8 nitrogen and oxygen atoms in total. The van der Waals surface area contributed by atoms with Gasteiger partial charge in [0, 0.05) is 13.0 Å². The van der Waals surface area contributed by atoms with Gasteiger partial charge in [-0.1, -0.05) is 18.0 Å². The summed E-state index contributed by atoms with van der Waals surface area (Å²) in [5.41, 5.74) is 0. The van der Waals surface area contributed by atoms with Crippen LogP contribution in [0.25, 0.3) is 0 Å². The van der Waals surface area contributed by atoms with Crippen LogP contribution in [0.4, 0.5) is 0 Å². The van der Waals surface area contributed by atoms with E-state index in [0.717, 1.165) is 32.2 Å². The van der Waals surface area contributed by atoms with E-state index in [1.54, 1.807) is 11.0 Å². The Morgan fingerprint density at radius 3 is 3.10 bits per heavy atom. The average molecular weight is 290 g/mol. The summed E-state index contributed by atoms with van der Waals surface area (Å²) in [5, 5.41) is 7.93. The van der Waals surface area contributed by atoms with E-state index in [-0.39, 0.29) is 11.9 Å². The quantitative estimate of drug-likeness (QED) is 0.840. The first kappa shape index (κ1) is 13.7. The predicted molar refractivity (Wildman–Crippen MR) is 71.9 cm³/mol. The summed E-state index contributed by atoms with van der Waals surface area (Å²) in [6, 6.07) is -0.0745. The number of aryl methyl sites for hydroxylation is 1. The molecule has 1 amide bonds. The summed E-state index contributed by atoms with van der Waals surface area (Å²) in [5.74, 6) is 0.702. The number of hydrogen-bond donors (Lipinski definition) is 0. The van der Waals surface area contributed by atoms with E-state index in [0.29, 0.717) is 18.8 Å². The molecule has 21 heavy (non-hydrogen) atoms. The molecular weight excluding hydrogens is 272 g/mol. The first-order chi connectivity index (χ1) is 10.3. The highest BCUT2D eigenvalue weighted by atomic mass is 16.5. The van der Waals surface area contributed by atoms with Crippen LogP contribution < -0.4 is 0 Å². The molecule has 8 heteroatoms. The van der Waals surface area contributed by atoms with Gasteiger partial charge in [-0.25, -0.2) is 4.98 Å². The Morgan fingerprint density at radius 1 is 1.38 bits per heavy atom. The summed E-state index contributed by atoms with van der Waals surface area (Å²) < 4.78 is 6.50. The molecule has 1 atom stereocenters. The maximum atomic E-state index is 12.5. The minimum Gasteiger partial charge on any atom is -0.343 e. The second-order valence-corrected chi connectivity index (χ2v) is 5.15. The monoisotopic (exact) mass is 290 g/mol. The van der Waals surface area contributed by atoms with Gasteiger partial charge in [0.2, 0.25) is 12.3 Å². The van der Waals surface area contributed by atoms with Crippen molar-refractivity contribution in [2.24, 2.45) is 0 Å². The molecule has 0 N–H and O–H groups in total. The molecule has 1 unspecified atom stereocenters. The first-order valence-electron chi connectivity index (χ1n) is 7.23. The van der Waals surface area contributed by atoms with Gasteiger partial charge in [0.05, 0.1) is 12.6 Å². The molecule has 1 aliphatic heterocycles. The van der Waals surface area contributed by atoms with Crippen molar-refractivity contribution in [3.8, 4) is 0 Å². The average Bonchev–Trinajstić information content (AvgIpc) is 3.15. The number of rotatable bonds is 4. The van der Waals surface area contributed by atoms with Crippen LogP contribution in [0.1, 0.15) is 44.0 Å². The van der Waals surface area contributed by atoms with Gasteiger partial charge in [-0.3, -0.25) is 9.48 Å². The normalized spacial score (nSPS) is 19.4. The lowest BCUT2D eigenvalue weighted by Gasteiger charge is -2.27. The third-order valence-electron chi connectivity index (χ3n) is 3.77. The molecule has 3 rings (SSSR count). The van der Waals surface area contributed by atoms with Crippen molar-refractivity contribution in [1.82, 2.24) is 29.8 Å². The van der Waals surface area contributed by atoms with Crippen LogP contribution >= 0.6 is 0 Å². The summed E-state index contributed by atoms with van der Waals surface area (Å²) in [4.78, 5) is 22.4. The number of nitrogens with zero attached hydrogens (tertiary/aromatic N) is 6. The summed E-state index contributed by atoms with van der Waals surface area (Å²) in [6.07, 6.45) is 8.91. The van der Waals surface area contributed by atoms with Crippen LogP contribution in [0.3, 0.4) is 0 Å². The van der Waals surface area contributed by atoms with Crippen LogP contribution in [0.15, 0.2) is 23.6 Å². The van der Waals surface area contributed by atoms with Gasteiger partial charge in [0.25, 0.3) is 0 Å². The van der Waals surface area contributed by atoms with Crippen LogP contribution in [0.2, 0.25) is 0 Å². The van der Waals surface area contributed by atoms with E-state index in [2.05, 4.69) is 20.2 Å². The zero-order valence-electron chi connectivity index (χ0n) is 11.8. The Morgan fingerprint density at radius 2 is 2.33 bits per heavy atom. The van der Waals surface area contributed by atoms with Gasteiger partial charge < -0.3 is 9.42 Å². The fourth-order valence-electron chi connectivity index (χ4n) is 2.70. The molecular formula is C13H18N6O2. The van der Waals surface area contributed by atoms with Crippen LogP contribution in [0, 0.1) is 0 Å². The van der Waals surface area contributed by atoms with Gasteiger partial charge in [0.15, 0.2) is 5.82 Å². The minimum atomic E-state index is -0.0745.